The Labute approximate surface area is 147 Å². The SMILES string of the molecule is O=C(Nc1nnc(SCc2cccc(Br)c2F)s1)c1ccco1. The molecule has 0 radical (unpaired) electrons. The molecule has 0 fully saturated rings. The first-order valence-corrected chi connectivity index (χ1v) is 8.97. The lowest BCUT2D eigenvalue weighted by Crippen LogP contribution is -2.10. The van der Waals surface area contributed by atoms with Crippen LogP contribution in [0.4, 0.5) is 9.52 Å². The van der Waals surface area contributed by atoms with Gasteiger partial charge in [0.25, 0.3) is 5.91 Å². The summed E-state index contributed by atoms with van der Waals surface area (Å²) in [5.74, 6) is -0.0475. The van der Waals surface area contributed by atoms with Gasteiger partial charge in [0.15, 0.2) is 10.1 Å². The number of hydrogen-bond donors (Lipinski definition) is 1. The number of carbonyl (C=O) groups excluding carboxylic acids is 1. The van der Waals surface area contributed by atoms with Crippen molar-refractivity contribution in [1.29, 1.82) is 0 Å². The van der Waals surface area contributed by atoms with Gasteiger partial charge in [-0.2, -0.15) is 0 Å². The third kappa shape index (κ3) is 3.98. The van der Waals surface area contributed by atoms with E-state index in [2.05, 4.69) is 31.4 Å². The summed E-state index contributed by atoms with van der Waals surface area (Å²) in [6.07, 6.45) is 1.42. The lowest BCUT2D eigenvalue weighted by Gasteiger charge is -2.02. The number of nitrogens with zero attached hydrogens (tertiary/aromatic N) is 2. The van der Waals surface area contributed by atoms with E-state index >= 15 is 0 Å². The van der Waals surface area contributed by atoms with Gasteiger partial charge in [0, 0.05) is 5.75 Å². The van der Waals surface area contributed by atoms with Gasteiger partial charge in [0.2, 0.25) is 5.13 Å². The van der Waals surface area contributed by atoms with Crippen LogP contribution in [-0.4, -0.2) is 16.1 Å². The molecular weight excluding hydrogens is 405 g/mol. The summed E-state index contributed by atoms with van der Waals surface area (Å²) in [7, 11) is 0. The molecule has 0 aliphatic carbocycles. The van der Waals surface area contributed by atoms with Gasteiger partial charge in [-0.15, -0.1) is 10.2 Å². The monoisotopic (exact) mass is 413 g/mol. The molecule has 0 saturated heterocycles. The normalized spacial score (nSPS) is 10.7. The molecule has 3 rings (SSSR count). The predicted molar refractivity (Wildman–Crippen MR) is 90.2 cm³/mol. The number of anilines is 1. The van der Waals surface area contributed by atoms with Crippen LogP contribution in [-0.2, 0) is 5.75 Å². The van der Waals surface area contributed by atoms with E-state index in [9.17, 15) is 9.18 Å². The maximum atomic E-state index is 13.9. The molecule has 0 unspecified atom stereocenters. The van der Waals surface area contributed by atoms with Gasteiger partial charge in [-0.1, -0.05) is 35.2 Å². The fourth-order valence-corrected chi connectivity index (χ4v) is 3.81. The predicted octanol–water partition coefficient (Wildman–Crippen LogP) is 4.58. The first kappa shape index (κ1) is 16.2. The zero-order chi connectivity index (χ0) is 16.2. The number of thioether (sulfide) groups is 1. The van der Waals surface area contributed by atoms with Gasteiger partial charge in [-0.05, 0) is 39.7 Å². The summed E-state index contributed by atoms with van der Waals surface area (Å²) < 4.78 is 19.9. The highest BCUT2D eigenvalue weighted by molar-refractivity contribution is 9.10. The van der Waals surface area contributed by atoms with Crippen molar-refractivity contribution in [3.8, 4) is 0 Å². The van der Waals surface area contributed by atoms with E-state index in [1.807, 2.05) is 0 Å². The van der Waals surface area contributed by atoms with Gasteiger partial charge < -0.3 is 4.42 Å². The summed E-state index contributed by atoms with van der Waals surface area (Å²) in [5, 5.41) is 10.8. The summed E-state index contributed by atoms with van der Waals surface area (Å²) in [6.45, 7) is 0. The summed E-state index contributed by atoms with van der Waals surface area (Å²) in [5.41, 5.74) is 0.570. The molecule has 1 N–H and O–H groups in total. The lowest BCUT2D eigenvalue weighted by atomic mass is 10.2. The van der Waals surface area contributed by atoms with Crippen LogP contribution in [0.2, 0.25) is 0 Å². The Hall–Kier alpha value is -1.71. The number of amides is 1. The van der Waals surface area contributed by atoms with Gasteiger partial charge in [0.05, 0.1) is 10.7 Å². The minimum atomic E-state index is -0.388. The lowest BCUT2D eigenvalue weighted by molar-refractivity contribution is 0.0996. The minimum absolute atomic E-state index is 0.200. The van der Waals surface area contributed by atoms with Crippen LogP contribution in [0.25, 0.3) is 0 Å². The Bertz CT molecular complexity index is 823. The van der Waals surface area contributed by atoms with Gasteiger partial charge in [-0.3, -0.25) is 10.1 Å². The average Bonchev–Trinajstić information content (AvgIpc) is 3.20. The molecule has 0 bridgehead atoms. The third-order valence-electron chi connectivity index (χ3n) is 2.75. The molecule has 9 heteroatoms. The first-order chi connectivity index (χ1) is 11.1. The molecule has 0 atom stereocenters. The second kappa shape index (κ2) is 7.24. The van der Waals surface area contributed by atoms with E-state index in [0.717, 1.165) is 0 Å². The topological polar surface area (TPSA) is 68.0 Å². The van der Waals surface area contributed by atoms with Crippen LogP contribution in [0.1, 0.15) is 16.1 Å². The first-order valence-electron chi connectivity index (χ1n) is 6.37. The summed E-state index contributed by atoms with van der Waals surface area (Å²) in [4.78, 5) is 11.8. The van der Waals surface area contributed by atoms with Crippen molar-refractivity contribution in [3.05, 3.63) is 58.2 Å². The van der Waals surface area contributed by atoms with Crippen LogP contribution < -0.4 is 5.32 Å². The van der Waals surface area contributed by atoms with Crippen LogP contribution >= 0.6 is 39.0 Å². The van der Waals surface area contributed by atoms with Crippen molar-refractivity contribution in [3.63, 3.8) is 0 Å². The molecule has 3 aromatic rings. The van der Waals surface area contributed by atoms with Crippen molar-refractivity contribution < 1.29 is 13.6 Å². The molecule has 2 aromatic heterocycles. The van der Waals surface area contributed by atoms with E-state index in [1.165, 1.54) is 29.4 Å². The second-order valence-corrected chi connectivity index (χ2v) is 7.36. The minimum Gasteiger partial charge on any atom is -0.459 e. The summed E-state index contributed by atoms with van der Waals surface area (Å²) >= 11 is 5.73. The highest BCUT2D eigenvalue weighted by Gasteiger charge is 2.13. The number of furan rings is 1. The molecule has 5 nitrogen and oxygen atoms in total. The number of benzene rings is 1. The largest absolute Gasteiger partial charge is 0.459 e. The maximum Gasteiger partial charge on any atom is 0.293 e. The number of rotatable bonds is 5. The van der Waals surface area contributed by atoms with Crippen LogP contribution in [0.15, 0.2) is 49.8 Å². The molecule has 23 heavy (non-hydrogen) atoms. The molecule has 118 valence electrons. The zero-order valence-electron chi connectivity index (χ0n) is 11.5. The summed E-state index contributed by atoms with van der Waals surface area (Å²) in [6, 6.07) is 8.33. The van der Waals surface area contributed by atoms with E-state index < -0.39 is 0 Å². The number of hydrogen-bond acceptors (Lipinski definition) is 6. The van der Waals surface area contributed by atoms with E-state index in [0.29, 0.717) is 25.3 Å². The molecule has 1 aromatic carbocycles. The molecular formula is C14H9BrFN3O2S2. The third-order valence-corrected chi connectivity index (χ3v) is 5.39. The molecule has 0 spiro atoms. The van der Waals surface area contributed by atoms with Crippen molar-refractivity contribution in [2.75, 3.05) is 5.32 Å². The van der Waals surface area contributed by atoms with Gasteiger partial charge in [0.1, 0.15) is 5.82 Å². The van der Waals surface area contributed by atoms with E-state index in [1.54, 1.807) is 30.3 Å². The number of aromatic nitrogens is 2. The number of carbonyl (C=O) groups is 1. The standard InChI is InChI=1S/C14H9BrFN3O2S2/c15-9-4-1-3-8(11(9)16)7-22-14-19-18-13(23-14)17-12(20)10-5-2-6-21-10/h1-6H,7H2,(H,17,18,20). The highest BCUT2D eigenvalue weighted by Crippen LogP contribution is 2.30. The molecule has 2 heterocycles. The number of nitrogens with one attached hydrogen (secondary N) is 1. The van der Waals surface area contributed by atoms with Crippen LogP contribution in [0.3, 0.4) is 0 Å². The Balaban J connectivity index is 1.61. The van der Waals surface area contributed by atoms with Gasteiger partial charge in [-0.25, -0.2) is 4.39 Å². The molecule has 0 aliphatic rings. The Morgan fingerprint density at radius 1 is 1.35 bits per heavy atom. The van der Waals surface area contributed by atoms with Crippen molar-refractivity contribution >= 4 is 50.1 Å². The Kier molecular flexibility index (Phi) is 5.09. The van der Waals surface area contributed by atoms with Crippen LogP contribution in [0, 0.1) is 5.82 Å². The quantitative estimate of drug-likeness (QED) is 0.489. The van der Waals surface area contributed by atoms with Crippen molar-refractivity contribution in [2.45, 2.75) is 10.1 Å². The average molecular weight is 414 g/mol. The number of halogens is 2. The zero-order valence-corrected chi connectivity index (χ0v) is 14.7. The molecule has 1 amide bonds. The molecule has 0 saturated carbocycles. The Morgan fingerprint density at radius 2 is 2.22 bits per heavy atom. The van der Waals surface area contributed by atoms with Gasteiger partial charge >= 0.3 is 0 Å². The Morgan fingerprint density at radius 3 is 3.00 bits per heavy atom. The fraction of sp³-hybridized carbons (Fsp3) is 0.0714. The van der Waals surface area contributed by atoms with Crippen LogP contribution in [0.5, 0.6) is 0 Å². The van der Waals surface area contributed by atoms with Crippen molar-refractivity contribution in [1.82, 2.24) is 10.2 Å². The highest BCUT2D eigenvalue weighted by atomic mass is 79.9. The second-order valence-electron chi connectivity index (χ2n) is 4.31. The molecule has 0 aliphatic heterocycles. The van der Waals surface area contributed by atoms with Crippen molar-refractivity contribution in [2.24, 2.45) is 0 Å². The maximum absolute atomic E-state index is 13.9. The smallest absolute Gasteiger partial charge is 0.293 e. The van der Waals surface area contributed by atoms with E-state index in [4.69, 9.17) is 4.42 Å². The fourth-order valence-electron chi connectivity index (χ4n) is 1.68. The van der Waals surface area contributed by atoms with E-state index in [-0.39, 0.29) is 17.5 Å².